The zero-order valence-corrected chi connectivity index (χ0v) is 9.48. The molecule has 0 bridgehead atoms. The highest BCUT2D eigenvalue weighted by atomic mass is 32.2. The fraction of sp³-hybridized carbons (Fsp3) is 0.625. The van der Waals surface area contributed by atoms with Crippen molar-refractivity contribution in [2.24, 2.45) is 0 Å². The maximum atomic E-state index is 10.4. The van der Waals surface area contributed by atoms with Crippen LogP contribution in [0.15, 0.2) is 5.16 Å². The van der Waals surface area contributed by atoms with Gasteiger partial charge < -0.3 is 16.1 Å². The molecule has 0 saturated carbocycles. The van der Waals surface area contributed by atoms with Gasteiger partial charge in [0.15, 0.2) is 5.82 Å². The van der Waals surface area contributed by atoms with E-state index in [1.54, 1.807) is 0 Å². The normalized spacial score (nSPS) is 10.6. The molecule has 0 radical (unpaired) electrons. The number of rotatable bonds is 7. The van der Waals surface area contributed by atoms with Crippen molar-refractivity contribution < 1.29 is 15.0 Å². The molecule has 0 unspecified atom stereocenters. The topological polar surface area (TPSA) is 114 Å². The minimum atomic E-state index is -0.921. The largest absolute Gasteiger partial charge is 0.481 e. The number of aliphatic hydroxyl groups excluding tert-OH is 1. The first kappa shape index (κ1) is 12.8. The van der Waals surface area contributed by atoms with Gasteiger partial charge in [-0.3, -0.25) is 4.79 Å². The van der Waals surface area contributed by atoms with Crippen molar-refractivity contribution in [2.75, 3.05) is 18.2 Å². The standard InChI is InChI=1S/C8H14N4O3S/c9-12-6(3-1-2-4-13)10-11-8(12)16-5-7(14)15/h13H,1-5,9H2,(H,14,15). The Morgan fingerprint density at radius 2 is 2.19 bits per heavy atom. The van der Waals surface area contributed by atoms with Gasteiger partial charge in [-0.15, -0.1) is 10.2 Å². The van der Waals surface area contributed by atoms with Crippen molar-refractivity contribution in [1.29, 1.82) is 0 Å². The summed E-state index contributed by atoms with van der Waals surface area (Å²) in [6.07, 6.45) is 2.08. The van der Waals surface area contributed by atoms with E-state index in [9.17, 15) is 4.79 Å². The number of nitrogens with zero attached hydrogens (tertiary/aromatic N) is 3. The van der Waals surface area contributed by atoms with Crippen molar-refractivity contribution in [1.82, 2.24) is 14.9 Å². The quantitative estimate of drug-likeness (QED) is 0.337. The fourth-order valence-corrected chi connectivity index (χ4v) is 1.69. The molecule has 0 fully saturated rings. The smallest absolute Gasteiger partial charge is 0.313 e. The molecule has 0 aliphatic carbocycles. The van der Waals surface area contributed by atoms with E-state index >= 15 is 0 Å². The zero-order chi connectivity index (χ0) is 12.0. The van der Waals surface area contributed by atoms with Crippen molar-refractivity contribution in [3.63, 3.8) is 0 Å². The van der Waals surface area contributed by atoms with Crippen molar-refractivity contribution in [3.05, 3.63) is 5.82 Å². The van der Waals surface area contributed by atoms with E-state index in [0.717, 1.165) is 18.2 Å². The highest BCUT2D eigenvalue weighted by Gasteiger charge is 2.11. The molecule has 1 aromatic rings. The third-order valence-corrected chi connectivity index (χ3v) is 2.80. The van der Waals surface area contributed by atoms with Crippen LogP contribution >= 0.6 is 11.8 Å². The van der Waals surface area contributed by atoms with Crippen LogP contribution in [-0.4, -0.2) is 43.4 Å². The number of unbranched alkanes of at least 4 members (excludes halogenated alkanes) is 1. The molecule has 0 saturated heterocycles. The minimum absolute atomic E-state index is 0.0913. The van der Waals surface area contributed by atoms with Gasteiger partial charge in [0.25, 0.3) is 0 Å². The Kier molecular flexibility index (Phi) is 5.06. The molecule has 0 aromatic carbocycles. The number of thioether (sulfide) groups is 1. The fourth-order valence-electron chi connectivity index (χ4n) is 1.10. The number of aryl methyl sites for hydroxylation is 1. The number of hydrogen-bond donors (Lipinski definition) is 3. The van der Waals surface area contributed by atoms with Crippen molar-refractivity contribution >= 4 is 17.7 Å². The first-order valence-corrected chi connectivity index (χ1v) is 5.78. The predicted octanol–water partition coefficient (Wildman–Crippen LogP) is -0.516. The van der Waals surface area contributed by atoms with E-state index in [1.165, 1.54) is 4.68 Å². The van der Waals surface area contributed by atoms with Crippen LogP contribution < -0.4 is 5.84 Å². The summed E-state index contributed by atoms with van der Waals surface area (Å²) in [5.41, 5.74) is 0. The zero-order valence-electron chi connectivity index (χ0n) is 8.67. The van der Waals surface area contributed by atoms with Gasteiger partial charge in [-0.2, -0.15) is 0 Å². The number of nitrogen functional groups attached to an aromatic ring is 1. The van der Waals surface area contributed by atoms with E-state index in [-0.39, 0.29) is 12.4 Å². The van der Waals surface area contributed by atoms with Gasteiger partial charge in [0.1, 0.15) is 0 Å². The summed E-state index contributed by atoms with van der Waals surface area (Å²) in [7, 11) is 0. The van der Waals surface area contributed by atoms with Crippen molar-refractivity contribution in [3.8, 4) is 0 Å². The third kappa shape index (κ3) is 3.70. The molecule has 90 valence electrons. The Morgan fingerprint density at radius 3 is 2.81 bits per heavy atom. The van der Waals surface area contributed by atoms with E-state index < -0.39 is 5.97 Å². The number of aliphatic hydroxyl groups is 1. The second-order valence-corrected chi connectivity index (χ2v) is 4.07. The van der Waals surface area contributed by atoms with Crippen LogP contribution in [-0.2, 0) is 11.2 Å². The van der Waals surface area contributed by atoms with Crippen LogP contribution in [0.5, 0.6) is 0 Å². The Balaban J connectivity index is 2.51. The Bertz CT molecular complexity index is 355. The lowest BCUT2D eigenvalue weighted by Gasteiger charge is -2.01. The number of carboxylic acid groups (broad SMARTS) is 1. The molecular formula is C8H14N4O3S. The van der Waals surface area contributed by atoms with Crippen LogP contribution in [0.25, 0.3) is 0 Å². The molecule has 7 nitrogen and oxygen atoms in total. The molecule has 8 heteroatoms. The number of hydrogen-bond acceptors (Lipinski definition) is 6. The summed E-state index contributed by atoms with van der Waals surface area (Å²) in [5.74, 6) is 5.27. The SMILES string of the molecule is Nn1c(CCCCO)nnc1SCC(=O)O. The monoisotopic (exact) mass is 246 g/mol. The maximum Gasteiger partial charge on any atom is 0.313 e. The second kappa shape index (κ2) is 6.33. The molecular weight excluding hydrogens is 232 g/mol. The molecule has 1 aromatic heterocycles. The lowest BCUT2D eigenvalue weighted by molar-refractivity contribution is -0.133. The summed E-state index contributed by atoms with van der Waals surface area (Å²) < 4.78 is 1.30. The molecule has 1 heterocycles. The summed E-state index contributed by atoms with van der Waals surface area (Å²) in [4.78, 5) is 10.4. The number of aliphatic carboxylic acids is 1. The van der Waals surface area contributed by atoms with Gasteiger partial charge in [-0.25, -0.2) is 4.68 Å². The van der Waals surface area contributed by atoms with E-state index in [2.05, 4.69) is 10.2 Å². The first-order chi connectivity index (χ1) is 7.65. The van der Waals surface area contributed by atoms with Gasteiger partial charge in [0.05, 0.1) is 5.75 Å². The van der Waals surface area contributed by atoms with Crippen LogP contribution in [0.1, 0.15) is 18.7 Å². The summed E-state index contributed by atoms with van der Waals surface area (Å²) in [6, 6.07) is 0. The van der Waals surface area contributed by atoms with Crippen LogP contribution in [0.2, 0.25) is 0 Å². The molecule has 0 amide bonds. The summed E-state index contributed by atoms with van der Waals surface area (Å²) in [6.45, 7) is 0.138. The van der Waals surface area contributed by atoms with Gasteiger partial charge in [-0.1, -0.05) is 11.8 Å². The third-order valence-electron chi connectivity index (χ3n) is 1.87. The predicted molar refractivity (Wildman–Crippen MR) is 58.6 cm³/mol. The van der Waals surface area contributed by atoms with Gasteiger partial charge in [0.2, 0.25) is 5.16 Å². The van der Waals surface area contributed by atoms with E-state index in [0.29, 0.717) is 23.8 Å². The number of aromatic nitrogens is 3. The lowest BCUT2D eigenvalue weighted by atomic mass is 10.2. The summed E-state index contributed by atoms with van der Waals surface area (Å²) >= 11 is 1.03. The average molecular weight is 246 g/mol. The second-order valence-electron chi connectivity index (χ2n) is 3.13. The van der Waals surface area contributed by atoms with Crippen LogP contribution in [0.3, 0.4) is 0 Å². The Morgan fingerprint density at radius 1 is 1.44 bits per heavy atom. The molecule has 0 aliphatic rings. The molecule has 0 atom stereocenters. The lowest BCUT2D eigenvalue weighted by Crippen LogP contribution is -2.14. The molecule has 0 spiro atoms. The highest BCUT2D eigenvalue weighted by Crippen LogP contribution is 2.14. The first-order valence-electron chi connectivity index (χ1n) is 4.80. The number of nitrogens with two attached hydrogens (primary N) is 1. The summed E-state index contributed by atoms with van der Waals surface area (Å²) in [5, 5.41) is 25.2. The van der Waals surface area contributed by atoms with E-state index in [4.69, 9.17) is 16.1 Å². The van der Waals surface area contributed by atoms with Crippen LogP contribution in [0.4, 0.5) is 0 Å². The Hall–Kier alpha value is -1.28. The van der Waals surface area contributed by atoms with Gasteiger partial charge in [0, 0.05) is 13.0 Å². The van der Waals surface area contributed by atoms with Crippen molar-refractivity contribution in [2.45, 2.75) is 24.4 Å². The van der Waals surface area contributed by atoms with Gasteiger partial charge >= 0.3 is 5.97 Å². The average Bonchev–Trinajstić information content (AvgIpc) is 2.58. The maximum absolute atomic E-state index is 10.4. The minimum Gasteiger partial charge on any atom is -0.481 e. The number of carbonyl (C=O) groups is 1. The van der Waals surface area contributed by atoms with E-state index in [1.807, 2.05) is 0 Å². The van der Waals surface area contributed by atoms with Gasteiger partial charge in [-0.05, 0) is 12.8 Å². The highest BCUT2D eigenvalue weighted by molar-refractivity contribution is 7.99. The molecule has 16 heavy (non-hydrogen) atoms. The number of carboxylic acids is 1. The molecule has 1 rings (SSSR count). The Labute approximate surface area is 96.6 Å². The molecule has 0 aliphatic heterocycles. The molecule has 4 N–H and O–H groups in total. The van der Waals surface area contributed by atoms with Crippen LogP contribution in [0, 0.1) is 0 Å².